The predicted octanol–water partition coefficient (Wildman–Crippen LogP) is 3.57. The van der Waals surface area contributed by atoms with Crippen molar-refractivity contribution in [1.82, 2.24) is 4.90 Å². The zero-order valence-corrected chi connectivity index (χ0v) is 17.1. The smallest absolute Gasteiger partial charge is 0.491 e. The number of benzene rings is 1. The third-order valence-corrected chi connectivity index (χ3v) is 5.14. The van der Waals surface area contributed by atoms with Crippen LogP contribution in [0.2, 0.25) is 0 Å². The molecule has 1 aliphatic rings. The molecule has 1 heterocycles. The fourth-order valence-corrected chi connectivity index (χ4v) is 2.64. The minimum atomic E-state index is -0.362. The van der Waals surface area contributed by atoms with Crippen LogP contribution in [0.25, 0.3) is 6.08 Å². The van der Waals surface area contributed by atoms with Crippen molar-refractivity contribution < 1.29 is 14.0 Å². The fourth-order valence-electron chi connectivity index (χ4n) is 2.40. The lowest BCUT2D eigenvalue weighted by molar-refractivity contribution is 0.00578. The predicted molar refractivity (Wildman–Crippen MR) is 108 cm³/mol. The Morgan fingerprint density at radius 2 is 1.68 bits per heavy atom. The molecule has 1 aromatic rings. The van der Waals surface area contributed by atoms with E-state index >= 15 is 0 Å². The van der Waals surface area contributed by atoms with Crippen molar-refractivity contribution in [2.24, 2.45) is 0 Å². The maximum Gasteiger partial charge on any atom is 0.491 e. The van der Waals surface area contributed by atoms with Crippen LogP contribution in [-0.4, -0.2) is 56.2 Å². The van der Waals surface area contributed by atoms with Crippen LogP contribution in [-0.2, 0) is 9.31 Å². The highest BCUT2D eigenvalue weighted by molar-refractivity contribution is 7.80. The second-order valence-corrected chi connectivity index (χ2v) is 8.00. The van der Waals surface area contributed by atoms with Gasteiger partial charge in [-0.05, 0) is 65.0 Å². The van der Waals surface area contributed by atoms with E-state index in [2.05, 4.69) is 51.3 Å². The number of hydrogen-bond donors (Lipinski definition) is 1. The molecule has 0 bridgehead atoms. The molecule has 0 aliphatic carbocycles. The van der Waals surface area contributed by atoms with Gasteiger partial charge in [0.2, 0.25) is 0 Å². The van der Waals surface area contributed by atoms with Crippen LogP contribution in [0.15, 0.2) is 29.7 Å². The second kappa shape index (κ2) is 8.17. The van der Waals surface area contributed by atoms with Crippen LogP contribution >= 0.6 is 12.6 Å². The quantitative estimate of drug-likeness (QED) is 0.593. The Hall–Kier alpha value is -0.945. The molecule has 0 N–H and O–H groups in total. The Bertz CT molecular complexity index is 583. The molecule has 1 aliphatic heterocycles. The highest BCUT2D eigenvalue weighted by Gasteiger charge is 2.52. The summed E-state index contributed by atoms with van der Waals surface area (Å²) in [6, 6.07) is 8.06. The maximum atomic E-state index is 6.12. The molecule has 0 unspecified atom stereocenters. The Morgan fingerprint density at radius 3 is 2.16 bits per heavy atom. The average molecular weight is 363 g/mol. The minimum Gasteiger partial charge on any atom is -0.492 e. The van der Waals surface area contributed by atoms with Crippen LogP contribution in [0.4, 0.5) is 0 Å². The van der Waals surface area contributed by atoms with E-state index in [0.29, 0.717) is 12.4 Å². The molecule has 1 aromatic carbocycles. The summed E-state index contributed by atoms with van der Waals surface area (Å²) < 4.78 is 18.0. The van der Waals surface area contributed by atoms with Crippen LogP contribution in [0.5, 0.6) is 5.75 Å². The van der Waals surface area contributed by atoms with Gasteiger partial charge in [-0.1, -0.05) is 18.2 Å². The Kier molecular flexibility index (Phi) is 6.65. The van der Waals surface area contributed by atoms with Crippen molar-refractivity contribution in [3.8, 4) is 5.75 Å². The zero-order valence-electron chi connectivity index (χ0n) is 16.2. The second-order valence-electron chi connectivity index (χ2n) is 7.69. The van der Waals surface area contributed by atoms with Gasteiger partial charge >= 0.3 is 7.12 Å². The zero-order chi connectivity index (χ0) is 18.7. The standard InChI is InChI=1S/C19H30BNO3S/c1-18(2)19(3,4)24-20(23-18)16(14-25)13-15-7-9-17(10-8-15)22-12-11-21(5)6/h7-10,13,25H,11-12,14H2,1-6H3. The van der Waals surface area contributed by atoms with E-state index in [1.54, 1.807) is 0 Å². The van der Waals surface area contributed by atoms with Crippen molar-refractivity contribution in [3.05, 3.63) is 35.3 Å². The van der Waals surface area contributed by atoms with Gasteiger partial charge in [-0.15, -0.1) is 0 Å². The van der Waals surface area contributed by atoms with E-state index < -0.39 is 0 Å². The van der Waals surface area contributed by atoms with Gasteiger partial charge in [0, 0.05) is 12.3 Å². The normalized spacial score (nSPS) is 19.5. The van der Waals surface area contributed by atoms with E-state index in [-0.39, 0.29) is 18.3 Å². The van der Waals surface area contributed by atoms with Crippen molar-refractivity contribution in [1.29, 1.82) is 0 Å². The highest BCUT2D eigenvalue weighted by Crippen LogP contribution is 2.39. The van der Waals surface area contributed by atoms with Gasteiger partial charge in [-0.2, -0.15) is 12.6 Å². The van der Waals surface area contributed by atoms with Gasteiger partial charge in [-0.3, -0.25) is 0 Å². The molecular weight excluding hydrogens is 333 g/mol. The van der Waals surface area contributed by atoms with Gasteiger partial charge in [0.25, 0.3) is 0 Å². The molecule has 6 heteroatoms. The lowest BCUT2D eigenvalue weighted by Crippen LogP contribution is -2.41. The molecule has 138 valence electrons. The summed E-state index contributed by atoms with van der Waals surface area (Å²) in [4.78, 5) is 2.10. The summed E-state index contributed by atoms with van der Waals surface area (Å²) in [7, 11) is 3.70. The molecule has 0 spiro atoms. The van der Waals surface area contributed by atoms with E-state index in [4.69, 9.17) is 14.0 Å². The first-order chi connectivity index (χ1) is 11.6. The molecule has 1 fully saturated rings. The fraction of sp³-hybridized carbons (Fsp3) is 0.579. The SMILES string of the molecule is CN(C)CCOc1ccc(C=C(CS)B2OC(C)(C)C(C)(C)O2)cc1. The van der Waals surface area contributed by atoms with E-state index in [0.717, 1.165) is 23.3 Å². The summed E-state index contributed by atoms with van der Waals surface area (Å²) >= 11 is 4.46. The van der Waals surface area contributed by atoms with Gasteiger partial charge in [0.1, 0.15) is 12.4 Å². The van der Waals surface area contributed by atoms with E-state index in [1.165, 1.54) is 0 Å². The first-order valence-corrected chi connectivity index (χ1v) is 9.32. The molecule has 1 saturated heterocycles. The molecule has 4 nitrogen and oxygen atoms in total. The van der Waals surface area contributed by atoms with Crippen molar-refractivity contribution in [3.63, 3.8) is 0 Å². The molecule has 25 heavy (non-hydrogen) atoms. The number of thiol groups is 1. The molecule has 0 amide bonds. The van der Waals surface area contributed by atoms with Crippen LogP contribution in [0.3, 0.4) is 0 Å². The Labute approximate surface area is 158 Å². The van der Waals surface area contributed by atoms with Crippen molar-refractivity contribution in [2.45, 2.75) is 38.9 Å². The Balaban J connectivity index is 2.05. The summed E-state index contributed by atoms with van der Waals surface area (Å²) in [5, 5.41) is 0. The molecule has 0 aromatic heterocycles. The molecule has 0 radical (unpaired) electrons. The molecule has 0 atom stereocenters. The number of rotatable bonds is 7. The topological polar surface area (TPSA) is 30.9 Å². The summed E-state index contributed by atoms with van der Waals surface area (Å²) in [6.45, 7) is 9.81. The Morgan fingerprint density at radius 1 is 1.12 bits per heavy atom. The van der Waals surface area contributed by atoms with Gasteiger partial charge in [0.15, 0.2) is 0 Å². The number of hydrogen-bond acceptors (Lipinski definition) is 5. The molecular formula is C19H30BNO3S. The number of nitrogens with zero attached hydrogens (tertiary/aromatic N) is 1. The van der Waals surface area contributed by atoms with Crippen LogP contribution < -0.4 is 4.74 Å². The highest BCUT2D eigenvalue weighted by atomic mass is 32.1. The van der Waals surface area contributed by atoms with E-state index in [9.17, 15) is 0 Å². The maximum absolute atomic E-state index is 6.12. The van der Waals surface area contributed by atoms with Gasteiger partial charge < -0.3 is 18.9 Å². The first kappa shape index (κ1) is 20.4. The summed E-state index contributed by atoms with van der Waals surface area (Å²) in [5.74, 6) is 1.46. The van der Waals surface area contributed by atoms with Crippen molar-refractivity contribution in [2.75, 3.05) is 33.0 Å². The third-order valence-electron chi connectivity index (χ3n) is 4.78. The lowest BCUT2D eigenvalue weighted by atomic mass is 9.78. The van der Waals surface area contributed by atoms with Crippen LogP contribution in [0.1, 0.15) is 33.3 Å². The lowest BCUT2D eigenvalue weighted by Gasteiger charge is -2.32. The number of likely N-dealkylation sites (N-methyl/N-ethyl adjacent to an activating group) is 1. The van der Waals surface area contributed by atoms with Crippen LogP contribution in [0, 0.1) is 0 Å². The van der Waals surface area contributed by atoms with Gasteiger partial charge in [-0.25, -0.2) is 0 Å². The number of ether oxygens (including phenoxy) is 1. The minimum absolute atomic E-state index is 0.343. The third kappa shape index (κ3) is 5.27. The summed E-state index contributed by atoms with van der Waals surface area (Å²) in [5.41, 5.74) is 1.41. The van der Waals surface area contributed by atoms with Crippen molar-refractivity contribution >= 4 is 25.8 Å². The largest absolute Gasteiger partial charge is 0.492 e. The average Bonchev–Trinajstić information content (AvgIpc) is 2.74. The monoisotopic (exact) mass is 363 g/mol. The molecule has 0 saturated carbocycles. The summed E-state index contributed by atoms with van der Waals surface area (Å²) in [6.07, 6.45) is 2.08. The van der Waals surface area contributed by atoms with E-state index in [1.807, 2.05) is 38.4 Å². The first-order valence-electron chi connectivity index (χ1n) is 8.69. The van der Waals surface area contributed by atoms with Gasteiger partial charge in [0.05, 0.1) is 11.2 Å². The molecule has 2 rings (SSSR count).